The molecule has 0 bridgehead atoms. The molecule has 2 aromatic carbocycles. The average molecular weight is 300 g/mol. The van der Waals surface area contributed by atoms with Crippen molar-refractivity contribution in [2.24, 2.45) is 5.41 Å². The molecule has 0 heterocycles. The number of para-hydroxylation sites is 1. The van der Waals surface area contributed by atoms with Crippen LogP contribution in [0.3, 0.4) is 0 Å². The van der Waals surface area contributed by atoms with Gasteiger partial charge in [-0.1, -0.05) is 61.8 Å². The van der Waals surface area contributed by atoms with Crippen LogP contribution in [0.15, 0.2) is 42.5 Å². The molecule has 0 amide bonds. The molecular formula is C19H22ClN. The van der Waals surface area contributed by atoms with Gasteiger partial charge in [0.1, 0.15) is 0 Å². The number of benzene rings is 2. The van der Waals surface area contributed by atoms with E-state index < -0.39 is 0 Å². The van der Waals surface area contributed by atoms with Gasteiger partial charge in [-0.15, -0.1) is 0 Å². The second-order valence-electron chi connectivity index (χ2n) is 6.70. The number of anilines is 1. The Balaban J connectivity index is 2.04. The van der Waals surface area contributed by atoms with Crippen LogP contribution >= 0.6 is 11.6 Å². The van der Waals surface area contributed by atoms with Crippen LogP contribution < -0.4 is 5.32 Å². The summed E-state index contributed by atoms with van der Waals surface area (Å²) in [6, 6.07) is 15.1. The second-order valence-corrected chi connectivity index (χ2v) is 7.10. The molecule has 0 aromatic heterocycles. The van der Waals surface area contributed by atoms with Gasteiger partial charge >= 0.3 is 0 Å². The van der Waals surface area contributed by atoms with E-state index in [1.54, 1.807) is 0 Å². The Kier molecular flexibility index (Phi) is 3.71. The summed E-state index contributed by atoms with van der Waals surface area (Å²) >= 11 is 6.41. The van der Waals surface area contributed by atoms with E-state index in [4.69, 9.17) is 11.6 Å². The second kappa shape index (κ2) is 5.38. The maximum atomic E-state index is 6.41. The van der Waals surface area contributed by atoms with E-state index in [-0.39, 0.29) is 5.41 Å². The molecule has 0 saturated carbocycles. The monoisotopic (exact) mass is 299 g/mol. The fourth-order valence-electron chi connectivity index (χ4n) is 3.30. The fraction of sp³-hybridized carbons (Fsp3) is 0.368. The van der Waals surface area contributed by atoms with Gasteiger partial charge in [0, 0.05) is 0 Å². The molecule has 0 fully saturated rings. The van der Waals surface area contributed by atoms with Gasteiger partial charge in [0.05, 0.1) is 16.8 Å². The van der Waals surface area contributed by atoms with Crippen LogP contribution in [0.4, 0.5) is 5.69 Å². The van der Waals surface area contributed by atoms with Gasteiger partial charge in [-0.25, -0.2) is 0 Å². The molecule has 1 unspecified atom stereocenters. The molecule has 2 heteroatoms. The van der Waals surface area contributed by atoms with Crippen LogP contribution in [-0.4, -0.2) is 0 Å². The predicted molar refractivity (Wildman–Crippen MR) is 91.1 cm³/mol. The lowest BCUT2D eigenvalue weighted by molar-refractivity contribution is 0.265. The highest BCUT2D eigenvalue weighted by Gasteiger charge is 2.36. The summed E-state index contributed by atoms with van der Waals surface area (Å²) in [6.45, 7) is 6.79. The topological polar surface area (TPSA) is 12.0 Å². The Bertz CT molecular complexity index is 640. The largest absolute Gasteiger partial charge is 0.376 e. The van der Waals surface area contributed by atoms with E-state index in [1.807, 2.05) is 12.1 Å². The molecule has 2 aromatic rings. The number of fused-ring (bicyclic) bond motifs is 1. The smallest absolute Gasteiger partial charge is 0.0640 e. The van der Waals surface area contributed by atoms with Crippen molar-refractivity contribution in [2.75, 3.05) is 5.32 Å². The fourth-order valence-corrected chi connectivity index (χ4v) is 3.57. The van der Waals surface area contributed by atoms with Crippen molar-refractivity contribution in [1.82, 2.24) is 0 Å². The van der Waals surface area contributed by atoms with Crippen molar-refractivity contribution >= 4 is 17.3 Å². The summed E-state index contributed by atoms with van der Waals surface area (Å²) in [7, 11) is 0. The summed E-state index contributed by atoms with van der Waals surface area (Å²) in [5.74, 6) is 0. The van der Waals surface area contributed by atoms with Gasteiger partial charge in [0.2, 0.25) is 0 Å². The molecule has 1 aliphatic rings. The zero-order valence-corrected chi connectivity index (χ0v) is 13.7. The van der Waals surface area contributed by atoms with E-state index in [0.717, 1.165) is 17.1 Å². The van der Waals surface area contributed by atoms with Gasteiger partial charge in [-0.2, -0.15) is 0 Å². The summed E-state index contributed by atoms with van der Waals surface area (Å²) in [5.41, 5.74) is 5.34. The third kappa shape index (κ3) is 2.67. The molecule has 1 aliphatic carbocycles. The van der Waals surface area contributed by atoms with Gasteiger partial charge in [-0.3, -0.25) is 0 Å². The highest BCUT2D eigenvalue weighted by molar-refractivity contribution is 6.33. The van der Waals surface area contributed by atoms with Crippen LogP contribution in [0.2, 0.25) is 5.02 Å². The summed E-state index contributed by atoms with van der Waals surface area (Å²) in [5, 5.41) is 4.53. The summed E-state index contributed by atoms with van der Waals surface area (Å²) < 4.78 is 0. The van der Waals surface area contributed by atoms with E-state index >= 15 is 0 Å². The van der Waals surface area contributed by atoms with Crippen molar-refractivity contribution in [3.8, 4) is 0 Å². The Morgan fingerprint density at radius 2 is 1.86 bits per heavy atom. The van der Waals surface area contributed by atoms with Gasteiger partial charge in [0.15, 0.2) is 0 Å². The Morgan fingerprint density at radius 1 is 1.10 bits per heavy atom. The van der Waals surface area contributed by atoms with Crippen molar-refractivity contribution in [3.05, 3.63) is 64.2 Å². The lowest BCUT2D eigenvalue weighted by Gasteiger charge is -2.41. The van der Waals surface area contributed by atoms with Crippen molar-refractivity contribution in [1.29, 1.82) is 0 Å². The normalized spacial score (nSPS) is 19.9. The molecular weight excluding hydrogens is 278 g/mol. The third-order valence-electron chi connectivity index (χ3n) is 4.70. The molecule has 0 aliphatic heterocycles. The summed E-state index contributed by atoms with van der Waals surface area (Å²) in [4.78, 5) is 0. The first kappa shape index (κ1) is 14.5. The number of hydrogen-bond donors (Lipinski definition) is 1. The predicted octanol–water partition coefficient (Wildman–Crippen LogP) is 5.77. The number of aryl methyl sites for hydroxylation is 2. The van der Waals surface area contributed by atoms with Crippen LogP contribution in [0.25, 0.3) is 0 Å². The molecule has 110 valence electrons. The SMILES string of the molecule is Cc1cccc(Cl)c1NC1c2ccccc2CCC1(C)C. The first-order valence-corrected chi connectivity index (χ1v) is 7.96. The zero-order valence-electron chi connectivity index (χ0n) is 12.9. The van der Waals surface area contributed by atoms with Crippen LogP contribution in [0.1, 0.15) is 43.0 Å². The number of nitrogens with one attached hydrogen (secondary N) is 1. The number of rotatable bonds is 2. The molecule has 3 rings (SSSR count). The minimum Gasteiger partial charge on any atom is -0.376 e. The van der Waals surface area contributed by atoms with Crippen LogP contribution in [-0.2, 0) is 6.42 Å². The van der Waals surface area contributed by atoms with Crippen molar-refractivity contribution in [3.63, 3.8) is 0 Å². The molecule has 1 nitrogen and oxygen atoms in total. The Morgan fingerprint density at radius 3 is 2.62 bits per heavy atom. The molecule has 1 atom stereocenters. The minimum absolute atomic E-state index is 0.208. The molecule has 0 radical (unpaired) electrons. The zero-order chi connectivity index (χ0) is 15.0. The van der Waals surface area contributed by atoms with Gasteiger partial charge in [0.25, 0.3) is 0 Å². The van der Waals surface area contributed by atoms with Crippen molar-refractivity contribution < 1.29 is 0 Å². The lowest BCUT2D eigenvalue weighted by Crippen LogP contribution is -2.33. The highest BCUT2D eigenvalue weighted by Crippen LogP contribution is 2.46. The summed E-state index contributed by atoms with van der Waals surface area (Å²) in [6.07, 6.45) is 2.34. The Hall–Kier alpha value is -1.47. The third-order valence-corrected chi connectivity index (χ3v) is 5.01. The number of halogens is 1. The number of hydrogen-bond acceptors (Lipinski definition) is 1. The molecule has 1 N–H and O–H groups in total. The quantitative estimate of drug-likeness (QED) is 0.742. The lowest BCUT2D eigenvalue weighted by atomic mass is 9.70. The maximum Gasteiger partial charge on any atom is 0.0640 e. The van der Waals surface area contributed by atoms with E-state index in [0.29, 0.717) is 6.04 Å². The van der Waals surface area contributed by atoms with Crippen LogP contribution in [0.5, 0.6) is 0 Å². The highest BCUT2D eigenvalue weighted by atomic mass is 35.5. The van der Waals surface area contributed by atoms with Crippen molar-refractivity contribution in [2.45, 2.75) is 39.7 Å². The Labute approximate surface area is 132 Å². The minimum atomic E-state index is 0.208. The van der Waals surface area contributed by atoms with E-state index in [9.17, 15) is 0 Å². The van der Waals surface area contributed by atoms with Crippen LogP contribution in [0, 0.1) is 12.3 Å². The van der Waals surface area contributed by atoms with E-state index in [2.05, 4.69) is 56.4 Å². The molecule has 0 spiro atoms. The van der Waals surface area contributed by atoms with Gasteiger partial charge < -0.3 is 5.32 Å². The molecule has 21 heavy (non-hydrogen) atoms. The standard InChI is InChI=1S/C19H22ClN/c1-13-7-6-10-16(20)17(13)21-18-15-9-5-4-8-14(15)11-12-19(18,2)3/h4-10,18,21H,11-12H2,1-3H3. The maximum absolute atomic E-state index is 6.41. The first-order valence-electron chi connectivity index (χ1n) is 7.58. The average Bonchev–Trinajstić information content (AvgIpc) is 2.45. The molecule has 0 saturated heterocycles. The van der Waals surface area contributed by atoms with E-state index in [1.165, 1.54) is 23.1 Å². The first-order chi connectivity index (χ1) is 9.99. The van der Waals surface area contributed by atoms with Gasteiger partial charge in [-0.05, 0) is 47.9 Å².